The molecule has 0 unspecified atom stereocenters. The molecule has 4 aromatic rings. The third-order valence-corrected chi connectivity index (χ3v) is 9.09. The predicted octanol–water partition coefficient (Wildman–Crippen LogP) is 6.13. The van der Waals surface area contributed by atoms with E-state index in [0.717, 1.165) is 45.0 Å². The second-order valence-corrected chi connectivity index (χ2v) is 13.7. The zero-order valence-corrected chi connectivity index (χ0v) is 24.8. The molecule has 0 bridgehead atoms. The molecule has 1 fully saturated rings. The Morgan fingerprint density at radius 3 is 2.38 bits per heavy atom. The standard InChI is InChI=1S/C30H34N4O4S2/c1-21-12-14-23(15-13-21)40(36,37)32-25-10-6-5-9-24(25)28-31-27-22(8-7-11-26(27)39-28)20-33-16-18-34(19-17-33)29(35)38-30(2,3)4/h5-15,32H,16-20H2,1-4H3. The number of thiazole rings is 1. The molecule has 210 valence electrons. The second kappa shape index (κ2) is 11.2. The summed E-state index contributed by atoms with van der Waals surface area (Å²) in [5.41, 5.74) is 3.72. The number of carbonyl (C=O) groups is 1. The lowest BCUT2D eigenvalue weighted by Gasteiger charge is -2.35. The van der Waals surface area contributed by atoms with Crippen LogP contribution in [0.15, 0.2) is 71.6 Å². The molecular formula is C30H34N4O4S2. The van der Waals surface area contributed by atoms with E-state index in [9.17, 15) is 13.2 Å². The first-order valence-electron chi connectivity index (χ1n) is 13.3. The van der Waals surface area contributed by atoms with Crippen molar-refractivity contribution in [3.63, 3.8) is 0 Å². The van der Waals surface area contributed by atoms with Crippen molar-refractivity contribution >= 4 is 43.4 Å². The maximum Gasteiger partial charge on any atom is 0.410 e. The van der Waals surface area contributed by atoms with Crippen LogP contribution in [0, 0.1) is 6.92 Å². The van der Waals surface area contributed by atoms with E-state index >= 15 is 0 Å². The molecule has 0 aliphatic carbocycles. The van der Waals surface area contributed by atoms with Crippen molar-refractivity contribution in [3.8, 4) is 10.6 Å². The molecule has 1 aromatic heterocycles. The number of hydrogen-bond acceptors (Lipinski definition) is 7. The van der Waals surface area contributed by atoms with E-state index in [1.165, 1.54) is 0 Å². The number of carbonyl (C=O) groups excluding carboxylic acids is 1. The summed E-state index contributed by atoms with van der Waals surface area (Å²) in [5.74, 6) is 0. The number of amides is 1. The van der Waals surface area contributed by atoms with Crippen LogP contribution in [0.4, 0.5) is 10.5 Å². The molecule has 1 aliphatic heterocycles. The molecular weight excluding hydrogens is 544 g/mol. The molecule has 1 amide bonds. The fourth-order valence-corrected chi connectivity index (χ4v) is 6.72. The van der Waals surface area contributed by atoms with E-state index in [1.54, 1.807) is 46.6 Å². The van der Waals surface area contributed by atoms with Crippen molar-refractivity contribution in [2.24, 2.45) is 0 Å². The summed E-state index contributed by atoms with van der Waals surface area (Å²) in [5, 5.41) is 0.749. The summed E-state index contributed by atoms with van der Waals surface area (Å²) in [7, 11) is -3.76. The Bertz CT molecular complexity index is 1620. The monoisotopic (exact) mass is 578 g/mol. The minimum absolute atomic E-state index is 0.214. The fourth-order valence-electron chi connectivity index (χ4n) is 4.58. The largest absolute Gasteiger partial charge is 0.444 e. The van der Waals surface area contributed by atoms with E-state index in [0.29, 0.717) is 25.3 Å². The Hall–Kier alpha value is -3.47. The molecule has 40 heavy (non-hydrogen) atoms. The molecule has 1 saturated heterocycles. The number of piperazine rings is 1. The number of benzene rings is 3. The van der Waals surface area contributed by atoms with Gasteiger partial charge in [-0.25, -0.2) is 18.2 Å². The van der Waals surface area contributed by atoms with Crippen molar-refractivity contribution in [3.05, 3.63) is 77.9 Å². The van der Waals surface area contributed by atoms with Gasteiger partial charge in [-0.15, -0.1) is 11.3 Å². The Morgan fingerprint density at radius 2 is 1.68 bits per heavy atom. The molecule has 2 heterocycles. The number of para-hydroxylation sites is 2. The molecule has 1 N–H and O–H groups in total. The first-order valence-corrected chi connectivity index (χ1v) is 15.6. The van der Waals surface area contributed by atoms with Crippen LogP contribution in [0.1, 0.15) is 31.9 Å². The lowest BCUT2D eigenvalue weighted by molar-refractivity contribution is 0.0139. The van der Waals surface area contributed by atoms with E-state index in [4.69, 9.17) is 9.72 Å². The highest BCUT2D eigenvalue weighted by Crippen LogP contribution is 2.36. The fraction of sp³-hybridized carbons (Fsp3) is 0.333. The van der Waals surface area contributed by atoms with Crippen LogP contribution >= 0.6 is 11.3 Å². The summed E-state index contributed by atoms with van der Waals surface area (Å²) in [6.45, 7) is 11.0. The van der Waals surface area contributed by atoms with Gasteiger partial charge >= 0.3 is 6.09 Å². The molecule has 1 aliphatic rings. The Kier molecular flexibility index (Phi) is 7.85. The maximum atomic E-state index is 13.1. The van der Waals surface area contributed by atoms with Gasteiger partial charge in [0.2, 0.25) is 0 Å². The quantitative estimate of drug-likeness (QED) is 0.296. The van der Waals surface area contributed by atoms with Gasteiger partial charge in [0.1, 0.15) is 10.6 Å². The van der Waals surface area contributed by atoms with Crippen LogP contribution < -0.4 is 4.72 Å². The summed E-state index contributed by atoms with van der Waals surface area (Å²) in [4.78, 5) is 21.7. The van der Waals surface area contributed by atoms with Crippen LogP contribution in [0.3, 0.4) is 0 Å². The summed E-state index contributed by atoms with van der Waals surface area (Å²) < 4.78 is 35.5. The Labute approximate surface area is 239 Å². The summed E-state index contributed by atoms with van der Waals surface area (Å²) >= 11 is 1.54. The van der Waals surface area contributed by atoms with Gasteiger partial charge in [0, 0.05) is 38.3 Å². The number of ether oxygens (including phenoxy) is 1. The molecule has 0 atom stereocenters. The van der Waals surface area contributed by atoms with Crippen molar-refractivity contribution in [1.82, 2.24) is 14.8 Å². The van der Waals surface area contributed by atoms with Crippen molar-refractivity contribution < 1.29 is 17.9 Å². The van der Waals surface area contributed by atoms with Crippen LogP contribution in [0.5, 0.6) is 0 Å². The highest BCUT2D eigenvalue weighted by molar-refractivity contribution is 7.92. The number of rotatable bonds is 6. The Morgan fingerprint density at radius 1 is 0.975 bits per heavy atom. The van der Waals surface area contributed by atoms with E-state index in [2.05, 4.69) is 15.7 Å². The highest BCUT2D eigenvalue weighted by Gasteiger charge is 2.26. The molecule has 0 spiro atoms. The van der Waals surface area contributed by atoms with Crippen molar-refractivity contribution in [2.45, 2.75) is 44.7 Å². The van der Waals surface area contributed by atoms with Gasteiger partial charge < -0.3 is 9.64 Å². The van der Waals surface area contributed by atoms with Gasteiger partial charge in [-0.05, 0) is 63.6 Å². The number of nitrogens with one attached hydrogen (secondary N) is 1. The van der Waals surface area contributed by atoms with E-state index in [-0.39, 0.29) is 11.0 Å². The van der Waals surface area contributed by atoms with Gasteiger partial charge in [-0.3, -0.25) is 9.62 Å². The molecule has 0 saturated carbocycles. The van der Waals surface area contributed by atoms with E-state index in [1.807, 2.05) is 58.0 Å². The zero-order chi connectivity index (χ0) is 28.5. The normalized spacial score (nSPS) is 14.8. The second-order valence-electron chi connectivity index (χ2n) is 11.0. The van der Waals surface area contributed by atoms with Gasteiger partial charge in [0.05, 0.1) is 20.8 Å². The van der Waals surface area contributed by atoms with Crippen LogP contribution in [0.25, 0.3) is 20.8 Å². The number of aryl methyl sites for hydroxylation is 1. The van der Waals surface area contributed by atoms with Gasteiger partial charge in [0.25, 0.3) is 10.0 Å². The first kappa shape index (κ1) is 28.1. The molecule has 0 radical (unpaired) electrons. The highest BCUT2D eigenvalue weighted by atomic mass is 32.2. The third kappa shape index (κ3) is 6.46. The third-order valence-electron chi connectivity index (χ3n) is 6.65. The number of anilines is 1. The topological polar surface area (TPSA) is 91.8 Å². The SMILES string of the molecule is Cc1ccc(S(=O)(=O)Nc2ccccc2-c2nc3c(CN4CCN(C(=O)OC(C)(C)C)CC4)cccc3s2)cc1. The number of nitrogens with zero attached hydrogens (tertiary/aromatic N) is 3. The number of sulfonamides is 1. The number of fused-ring (bicyclic) bond motifs is 1. The van der Waals surface area contributed by atoms with Gasteiger partial charge in [0.15, 0.2) is 0 Å². The predicted molar refractivity (Wildman–Crippen MR) is 160 cm³/mol. The Balaban J connectivity index is 1.34. The lowest BCUT2D eigenvalue weighted by Crippen LogP contribution is -2.49. The zero-order valence-electron chi connectivity index (χ0n) is 23.2. The number of aromatic nitrogens is 1. The van der Waals surface area contributed by atoms with Gasteiger partial charge in [-0.2, -0.15) is 0 Å². The minimum atomic E-state index is -3.76. The molecule has 8 nitrogen and oxygen atoms in total. The van der Waals surface area contributed by atoms with Crippen molar-refractivity contribution in [2.75, 3.05) is 30.9 Å². The molecule has 3 aromatic carbocycles. The average molecular weight is 579 g/mol. The summed E-state index contributed by atoms with van der Waals surface area (Å²) in [6.07, 6.45) is -0.268. The van der Waals surface area contributed by atoms with Crippen LogP contribution in [-0.4, -0.2) is 61.1 Å². The number of hydrogen-bond donors (Lipinski definition) is 1. The lowest BCUT2D eigenvalue weighted by atomic mass is 10.1. The summed E-state index contributed by atoms with van der Waals surface area (Å²) in [6, 6.07) is 20.3. The molecule has 10 heteroatoms. The maximum absolute atomic E-state index is 13.1. The van der Waals surface area contributed by atoms with Gasteiger partial charge in [-0.1, -0.05) is 42.0 Å². The first-order chi connectivity index (χ1) is 19.0. The molecule has 5 rings (SSSR count). The minimum Gasteiger partial charge on any atom is -0.444 e. The van der Waals surface area contributed by atoms with Crippen molar-refractivity contribution in [1.29, 1.82) is 0 Å². The van der Waals surface area contributed by atoms with Crippen LogP contribution in [-0.2, 0) is 21.3 Å². The smallest absolute Gasteiger partial charge is 0.410 e. The van der Waals surface area contributed by atoms with Crippen LogP contribution in [0.2, 0.25) is 0 Å². The van der Waals surface area contributed by atoms with E-state index < -0.39 is 15.6 Å². The average Bonchev–Trinajstić information content (AvgIpc) is 3.34.